The molecule has 0 radical (unpaired) electrons. The summed E-state index contributed by atoms with van der Waals surface area (Å²) >= 11 is 1.06. The van der Waals surface area contributed by atoms with Crippen molar-refractivity contribution in [1.29, 1.82) is 0 Å². The third-order valence-corrected chi connectivity index (χ3v) is 6.04. The first kappa shape index (κ1) is 22.2. The Bertz CT molecular complexity index is 917. The quantitative estimate of drug-likeness (QED) is 0.332. The highest BCUT2D eigenvalue weighted by Crippen LogP contribution is 2.23. The van der Waals surface area contributed by atoms with Gasteiger partial charge in [-0.3, -0.25) is 15.0 Å². The average Bonchev–Trinajstić information content (AvgIpc) is 3.06. The molecule has 2 aliphatic heterocycles. The number of benzene rings is 1. The molecule has 2 aliphatic rings. The van der Waals surface area contributed by atoms with Crippen LogP contribution >= 0.6 is 11.8 Å². The molecule has 0 aliphatic carbocycles. The van der Waals surface area contributed by atoms with Crippen molar-refractivity contribution in [3.63, 3.8) is 0 Å². The van der Waals surface area contributed by atoms with Gasteiger partial charge in [0.2, 0.25) is 0 Å². The number of likely N-dealkylation sites (N-methyl/N-ethyl adjacent to an activating group) is 1. The first-order chi connectivity index (χ1) is 14.4. The second-order valence-corrected chi connectivity index (χ2v) is 8.49. The molecule has 1 aromatic rings. The summed E-state index contributed by atoms with van der Waals surface area (Å²) in [4.78, 5) is 28.2. The standard InChI is InChI=1S/C21H27N5O3S/c1-14-9-16(15(2)17(10-14)13-26-7-5-25(3)6-8-26)12-22-24-21-23-20(28)18(30-21)11-19(27)29-4/h9-12H,5-8,13H2,1-4H3,(H,23,24,28)/b18-11+,22-12?. The van der Waals surface area contributed by atoms with Crippen LogP contribution < -0.4 is 5.32 Å². The first-order valence-electron chi connectivity index (χ1n) is 9.76. The van der Waals surface area contributed by atoms with Crippen LogP contribution in [0.5, 0.6) is 0 Å². The van der Waals surface area contributed by atoms with E-state index < -0.39 is 5.97 Å². The summed E-state index contributed by atoms with van der Waals surface area (Å²) < 4.78 is 4.55. The number of carbonyl (C=O) groups excluding carboxylic acids is 2. The van der Waals surface area contributed by atoms with E-state index in [1.807, 2.05) is 0 Å². The summed E-state index contributed by atoms with van der Waals surface area (Å²) in [7, 11) is 3.42. The summed E-state index contributed by atoms with van der Waals surface area (Å²) in [5.41, 5.74) is 4.65. The van der Waals surface area contributed by atoms with E-state index in [2.05, 4.69) is 63.1 Å². The fourth-order valence-electron chi connectivity index (χ4n) is 3.29. The predicted molar refractivity (Wildman–Crippen MR) is 120 cm³/mol. The van der Waals surface area contributed by atoms with Gasteiger partial charge in [-0.2, -0.15) is 5.10 Å². The molecule has 0 bridgehead atoms. The van der Waals surface area contributed by atoms with Gasteiger partial charge < -0.3 is 9.64 Å². The van der Waals surface area contributed by atoms with Crippen LogP contribution in [0.1, 0.15) is 22.3 Å². The Kier molecular flexibility index (Phi) is 7.41. The second kappa shape index (κ2) is 10.0. The smallest absolute Gasteiger partial charge is 0.331 e. The summed E-state index contributed by atoms with van der Waals surface area (Å²) in [5.74, 6) is -0.971. The van der Waals surface area contributed by atoms with Crippen LogP contribution in [0.15, 0.2) is 33.3 Å². The van der Waals surface area contributed by atoms with Gasteiger partial charge in [0.25, 0.3) is 5.91 Å². The zero-order valence-electron chi connectivity index (χ0n) is 17.8. The van der Waals surface area contributed by atoms with E-state index in [0.29, 0.717) is 5.17 Å². The lowest BCUT2D eigenvalue weighted by molar-refractivity contribution is -0.135. The van der Waals surface area contributed by atoms with Gasteiger partial charge >= 0.3 is 5.97 Å². The number of ether oxygens (including phenoxy) is 1. The number of thioether (sulfide) groups is 1. The average molecular weight is 430 g/mol. The number of piperazine rings is 1. The Hall–Kier alpha value is -2.49. The lowest BCUT2D eigenvalue weighted by Gasteiger charge is -2.32. The van der Waals surface area contributed by atoms with E-state index in [9.17, 15) is 9.59 Å². The SMILES string of the molecule is COC(=O)/C=C1/S/C(=N\N=Cc2cc(C)cc(CN3CCN(C)CC3)c2C)NC1=O. The molecule has 0 spiro atoms. The van der Waals surface area contributed by atoms with E-state index in [4.69, 9.17) is 0 Å². The second-order valence-electron chi connectivity index (χ2n) is 7.46. The molecule has 160 valence electrons. The highest BCUT2D eigenvalue weighted by atomic mass is 32.2. The van der Waals surface area contributed by atoms with Gasteiger partial charge in [0, 0.05) is 38.8 Å². The van der Waals surface area contributed by atoms with E-state index in [0.717, 1.165) is 56.1 Å². The summed E-state index contributed by atoms with van der Waals surface area (Å²) in [6.07, 6.45) is 2.85. The predicted octanol–water partition coefficient (Wildman–Crippen LogP) is 1.66. The van der Waals surface area contributed by atoms with Crippen LogP contribution in [-0.2, 0) is 20.9 Å². The minimum atomic E-state index is -0.583. The molecular formula is C21H27N5O3S. The van der Waals surface area contributed by atoms with Gasteiger partial charge in [0.15, 0.2) is 5.17 Å². The lowest BCUT2D eigenvalue weighted by Crippen LogP contribution is -2.44. The Morgan fingerprint density at radius 3 is 2.70 bits per heavy atom. The van der Waals surface area contributed by atoms with Gasteiger partial charge in [-0.15, -0.1) is 5.10 Å². The molecule has 1 N–H and O–H groups in total. The van der Waals surface area contributed by atoms with E-state index in [1.165, 1.54) is 23.8 Å². The van der Waals surface area contributed by atoms with Crippen LogP contribution in [0.3, 0.4) is 0 Å². The van der Waals surface area contributed by atoms with Gasteiger partial charge in [-0.1, -0.05) is 17.7 Å². The zero-order valence-corrected chi connectivity index (χ0v) is 18.6. The first-order valence-corrected chi connectivity index (χ1v) is 10.6. The third-order valence-electron chi connectivity index (χ3n) is 5.14. The number of nitrogens with one attached hydrogen (secondary N) is 1. The van der Waals surface area contributed by atoms with Crippen LogP contribution in [0.4, 0.5) is 0 Å². The van der Waals surface area contributed by atoms with Gasteiger partial charge in [0.05, 0.1) is 18.2 Å². The minimum absolute atomic E-state index is 0.233. The Labute approximate surface area is 181 Å². The van der Waals surface area contributed by atoms with Crippen molar-refractivity contribution in [2.24, 2.45) is 10.2 Å². The normalized spacial score (nSPS) is 21.0. The van der Waals surface area contributed by atoms with Crippen LogP contribution in [0.25, 0.3) is 0 Å². The molecule has 1 amide bonds. The number of hydrogen-bond acceptors (Lipinski definition) is 8. The molecule has 30 heavy (non-hydrogen) atoms. The Morgan fingerprint density at radius 1 is 1.27 bits per heavy atom. The summed E-state index contributed by atoms with van der Waals surface area (Å²) in [6, 6.07) is 4.31. The molecule has 3 rings (SSSR count). The van der Waals surface area contributed by atoms with E-state index in [-0.39, 0.29) is 10.8 Å². The molecule has 2 saturated heterocycles. The molecule has 2 fully saturated rings. The van der Waals surface area contributed by atoms with Crippen LogP contribution in [0.2, 0.25) is 0 Å². The number of aryl methyl sites for hydroxylation is 1. The topological polar surface area (TPSA) is 86.6 Å². The maximum Gasteiger partial charge on any atom is 0.331 e. The number of nitrogens with zero attached hydrogens (tertiary/aromatic N) is 4. The van der Waals surface area contributed by atoms with Crippen molar-refractivity contribution >= 4 is 35.0 Å². The molecular weight excluding hydrogens is 402 g/mol. The zero-order chi connectivity index (χ0) is 21.7. The van der Waals surface area contributed by atoms with E-state index in [1.54, 1.807) is 6.21 Å². The molecule has 1 aromatic carbocycles. The molecule has 0 saturated carbocycles. The largest absolute Gasteiger partial charge is 0.466 e. The van der Waals surface area contributed by atoms with Gasteiger partial charge in [-0.05, 0) is 49.3 Å². The monoisotopic (exact) mass is 429 g/mol. The van der Waals surface area contributed by atoms with Crippen molar-refractivity contribution in [2.75, 3.05) is 40.3 Å². The molecule has 9 heteroatoms. The maximum absolute atomic E-state index is 11.9. The van der Waals surface area contributed by atoms with Crippen molar-refractivity contribution in [3.05, 3.63) is 45.4 Å². The lowest BCUT2D eigenvalue weighted by atomic mass is 9.99. The Morgan fingerprint density at radius 2 is 2.00 bits per heavy atom. The van der Waals surface area contributed by atoms with Crippen LogP contribution in [-0.4, -0.2) is 73.4 Å². The van der Waals surface area contributed by atoms with Crippen molar-refractivity contribution in [1.82, 2.24) is 15.1 Å². The number of esters is 1. The molecule has 2 heterocycles. The minimum Gasteiger partial charge on any atom is -0.466 e. The van der Waals surface area contributed by atoms with Crippen molar-refractivity contribution in [2.45, 2.75) is 20.4 Å². The molecule has 0 unspecified atom stereocenters. The fraction of sp³-hybridized carbons (Fsp3) is 0.429. The van der Waals surface area contributed by atoms with E-state index >= 15 is 0 Å². The fourth-order valence-corrected chi connectivity index (χ4v) is 4.03. The summed E-state index contributed by atoms with van der Waals surface area (Å²) in [6.45, 7) is 9.41. The molecule has 0 atom stereocenters. The highest BCUT2D eigenvalue weighted by Gasteiger charge is 2.25. The highest BCUT2D eigenvalue weighted by molar-refractivity contribution is 8.18. The number of amidine groups is 1. The van der Waals surface area contributed by atoms with Gasteiger partial charge in [0.1, 0.15) is 0 Å². The molecule has 8 nitrogen and oxygen atoms in total. The van der Waals surface area contributed by atoms with Gasteiger partial charge in [-0.25, -0.2) is 4.79 Å². The molecule has 0 aromatic heterocycles. The number of rotatable bonds is 5. The van der Waals surface area contributed by atoms with Crippen molar-refractivity contribution < 1.29 is 14.3 Å². The van der Waals surface area contributed by atoms with Crippen molar-refractivity contribution in [3.8, 4) is 0 Å². The third kappa shape index (κ3) is 5.78. The van der Waals surface area contributed by atoms with Crippen LogP contribution in [0, 0.1) is 13.8 Å². The Balaban J connectivity index is 1.70. The number of methoxy groups -OCH3 is 1. The number of amides is 1. The maximum atomic E-state index is 11.9. The number of hydrogen-bond donors (Lipinski definition) is 1. The number of carbonyl (C=O) groups is 2. The summed E-state index contributed by atoms with van der Waals surface area (Å²) in [5, 5.41) is 11.2.